The maximum atomic E-state index is 12.3. The van der Waals surface area contributed by atoms with Crippen molar-refractivity contribution >= 4 is 0 Å². The largest absolute Gasteiger partial charge is 0.473 e. The zero-order chi connectivity index (χ0) is 18.6. The molecule has 0 saturated heterocycles. The molecule has 3 rings (SSSR count). The number of ether oxygens (including phenoxy) is 1. The monoisotopic (exact) mass is 348 g/mol. The zero-order valence-electron chi connectivity index (χ0n) is 15.5. The van der Waals surface area contributed by atoms with Crippen LogP contribution < -0.4 is 10.3 Å². The van der Waals surface area contributed by atoms with E-state index in [9.17, 15) is 4.79 Å². The Hall–Kier alpha value is -2.88. The van der Waals surface area contributed by atoms with E-state index in [1.54, 1.807) is 10.9 Å². The Bertz CT molecular complexity index is 907. The molecule has 4 heteroatoms. The van der Waals surface area contributed by atoms with Gasteiger partial charge in [-0.15, -0.1) is 0 Å². The van der Waals surface area contributed by atoms with Gasteiger partial charge in [-0.05, 0) is 22.1 Å². The second kappa shape index (κ2) is 7.56. The van der Waals surface area contributed by atoms with E-state index in [0.29, 0.717) is 19.0 Å². The molecule has 0 spiro atoms. The van der Waals surface area contributed by atoms with Crippen LogP contribution in [0.25, 0.3) is 0 Å². The summed E-state index contributed by atoms with van der Waals surface area (Å²) in [5, 5.41) is 0. The molecule has 0 unspecified atom stereocenters. The lowest BCUT2D eigenvalue weighted by Crippen LogP contribution is -2.20. The highest BCUT2D eigenvalue weighted by Crippen LogP contribution is 2.22. The summed E-state index contributed by atoms with van der Waals surface area (Å²) in [6.45, 7) is 7.45. The molecule has 0 saturated carbocycles. The third-order valence-corrected chi connectivity index (χ3v) is 4.26. The fourth-order valence-corrected chi connectivity index (χ4v) is 2.65. The van der Waals surface area contributed by atoms with Crippen molar-refractivity contribution < 1.29 is 4.74 Å². The van der Waals surface area contributed by atoms with Crippen molar-refractivity contribution in [2.24, 2.45) is 0 Å². The minimum atomic E-state index is -0.122. The molecule has 0 radical (unpaired) electrons. The molecule has 26 heavy (non-hydrogen) atoms. The fraction of sp³-hybridized carbons (Fsp3) is 0.273. The lowest BCUT2D eigenvalue weighted by atomic mass is 9.87. The van der Waals surface area contributed by atoms with Gasteiger partial charge in [-0.3, -0.25) is 9.36 Å². The number of nitrogens with zero attached hydrogens (tertiary/aromatic N) is 2. The summed E-state index contributed by atoms with van der Waals surface area (Å²) >= 11 is 0. The van der Waals surface area contributed by atoms with Crippen LogP contribution in [0.4, 0.5) is 0 Å². The van der Waals surface area contributed by atoms with Crippen LogP contribution in [0.2, 0.25) is 0 Å². The van der Waals surface area contributed by atoms with Crippen LogP contribution in [0, 0.1) is 0 Å². The van der Waals surface area contributed by atoms with E-state index in [-0.39, 0.29) is 11.0 Å². The lowest BCUT2D eigenvalue weighted by molar-refractivity contribution is 0.291. The molecule has 3 aromatic rings. The molecule has 0 amide bonds. The van der Waals surface area contributed by atoms with Gasteiger partial charge < -0.3 is 4.74 Å². The van der Waals surface area contributed by atoms with Crippen LogP contribution in [-0.4, -0.2) is 9.55 Å². The highest BCUT2D eigenvalue weighted by Gasteiger charge is 2.13. The van der Waals surface area contributed by atoms with Crippen LogP contribution >= 0.6 is 0 Å². The van der Waals surface area contributed by atoms with Gasteiger partial charge in [-0.1, -0.05) is 75.4 Å². The lowest BCUT2D eigenvalue weighted by Gasteiger charge is -2.19. The van der Waals surface area contributed by atoms with E-state index in [1.165, 1.54) is 11.6 Å². The van der Waals surface area contributed by atoms with Crippen LogP contribution in [-0.2, 0) is 18.6 Å². The quantitative estimate of drug-likeness (QED) is 0.695. The van der Waals surface area contributed by atoms with Crippen molar-refractivity contribution in [3.8, 4) is 5.88 Å². The molecular formula is C22H24N2O2. The molecule has 1 heterocycles. The maximum absolute atomic E-state index is 12.3. The van der Waals surface area contributed by atoms with Gasteiger partial charge in [-0.25, -0.2) is 4.98 Å². The zero-order valence-corrected chi connectivity index (χ0v) is 15.5. The second-order valence-corrected chi connectivity index (χ2v) is 7.41. The molecule has 0 fully saturated rings. The summed E-state index contributed by atoms with van der Waals surface area (Å²) in [6.07, 6.45) is 1.54. The molecule has 0 N–H and O–H groups in total. The van der Waals surface area contributed by atoms with Gasteiger partial charge in [0, 0.05) is 0 Å². The summed E-state index contributed by atoms with van der Waals surface area (Å²) in [6, 6.07) is 19.6. The predicted octanol–water partition coefficient (Wildman–Crippen LogP) is 4.17. The molecule has 134 valence electrons. The van der Waals surface area contributed by atoms with Crippen molar-refractivity contribution in [2.75, 3.05) is 0 Å². The van der Waals surface area contributed by atoms with E-state index in [2.05, 4.69) is 50.0 Å². The molecule has 0 aliphatic carbocycles. The summed E-state index contributed by atoms with van der Waals surface area (Å²) < 4.78 is 7.19. The van der Waals surface area contributed by atoms with Gasteiger partial charge in [0.1, 0.15) is 12.9 Å². The number of benzene rings is 2. The molecule has 4 nitrogen and oxygen atoms in total. The van der Waals surface area contributed by atoms with E-state index >= 15 is 0 Å². The van der Waals surface area contributed by atoms with Crippen LogP contribution in [0.5, 0.6) is 5.88 Å². The Balaban J connectivity index is 1.67. The Morgan fingerprint density at radius 2 is 1.65 bits per heavy atom. The number of aromatic nitrogens is 2. The molecule has 0 aliphatic rings. The van der Waals surface area contributed by atoms with Crippen molar-refractivity contribution in [3.63, 3.8) is 0 Å². The number of hydrogen-bond acceptors (Lipinski definition) is 3. The first-order valence-electron chi connectivity index (χ1n) is 8.74. The molecule has 0 aliphatic heterocycles. The SMILES string of the molecule is CC(C)(C)c1ccc(Cn2cnc(OCc3ccccc3)cc2=O)cc1. The standard InChI is InChI=1S/C22H24N2O2/c1-22(2,3)19-11-9-17(10-12-19)14-24-16-23-20(13-21(24)25)26-15-18-7-5-4-6-8-18/h4-13,16H,14-15H2,1-3H3. The average molecular weight is 348 g/mol. The van der Waals surface area contributed by atoms with E-state index in [4.69, 9.17) is 4.74 Å². The topological polar surface area (TPSA) is 44.1 Å². The first-order valence-corrected chi connectivity index (χ1v) is 8.74. The second-order valence-electron chi connectivity index (χ2n) is 7.41. The predicted molar refractivity (Wildman–Crippen MR) is 104 cm³/mol. The first kappa shape index (κ1) is 17.9. The smallest absolute Gasteiger partial charge is 0.257 e. The van der Waals surface area contributed by atoms with Crippen LogP contribution in [0.1, 0.15) is 37.5 Å². The summed E-state index contributed by atoms with van der Waals surface area (Å²) in [5.74, 6) is 0.346. The summed E-state index contributed by atoms with van der Waals surface area (Å²) in [5.41, 5.74) is 3.38. The Labute approximate surface area is 154 Å². The Kier molecular flexibility index (Phi) is 5.21. The number of rotatable bonds is 5. The van der Waals surface area contributed by atoms with Gasteiger partial charge >= 0.3 is 0 Å². The Morgan fingerprint density at radius 3 is 2.27 bits per heavy atom. The fourth-order valence-electron chi connectivity index (χ4n) is 2.65. The van der Waals surface area contributed by atoms with Gasteiger partial charge in [0.15, 0.2) is 0 Å². The molecule has 0 bridgehead atoms. The van der Waals surface area contributed by atoms with Gasteiger partial charge in [0.05, 0.1) is 12.6 Å². The van der Waals surface area contributed by atoms with E-state index in [1.807, 2.05) is 30.3 Å². The van der Waals surface area contributed by atoms with Gasteiger partial charge in [0.25, 0.3) is 5.56 Å². The molecule has 0 atom stereocenters. The van der Waals surface area contributed by atoms with Gasteiger partial charge in [0.2, 0.25) is 5.88 Å². The third kappa shape index (κ3) is 4.60. The maximum Gasteiger partial charge on any atom is 0.257 e. The highest BCUT2D eigenvalue weighted by atomic mass is 16.5. The average Bonchev–Trinajstić information content (AvgIpc) is 2.62. The Morgan fingerprint density at radius 1 is 0.962 bits per heavy atom. The summed E-state index contributed by atoms with van der Waals surface area (Å²) in [7, 11) is 0. The van der Waals surface area contributed by atoms with Crippen molar-refractivity contribution in [3.05, 3.63) is 94.0 Å². The van der Waals surface area contributed by atoms with Gasteiger partial charge in [-0.2, -0.15) is 0 Å². The third-order valence-electron chi connectivity index (χ3n) is 4.26. The van der Waals surface area contributed by atoms with Crippen LogP contribution in [0.3, 0.4) is 0 Å². The van der Waals surface area contributed by atoms with Crippen molar-refractivity contribution in [2.45, 2.75) is 39.3 Å². The van der Waals surface area contributed by atoms with Crippen molar-refractivity contribution in [1.29, 1.82) is 0 Å². The first-order chi connectivity index (χ1) is 12.4. The van der Waals surface area contributed by atoms with E-state index in [0.717, 1.165) is 11.1 Å². The minimum absolute atomic E-state index is 0.120. The van der Waals surface area contributed by atoms with Crippen LogP contribution in [0.15, 0.2) is 71.8 Å². The normalized spacial score (nSPS) is 11.3. The minimum Gasteiger partial charge on any atom is -0.473 e. The molecular weight excluding hydrogens is 324 g/mol. The van der Waals surface area contributed by atoms with Crippen molar-refractivity contribution in [1.82, 2.24) is 9.55 Å². The van der Waals surface area contributed by atoms with E-state index < -0.39 is 0 Å². The number of hydrogen-bond donors (Lipinski definition) is 0. The summed E-state index contributed by atoms with van der Waals surface area (Å²) in [4.78, 5) is 16.6. The highest BCUT2D eigenvalue weighted by molar-refractivity contribution is 5.27. The molecule has 2 aromatic carbocycles. The molecule has 1 aromatic heterocycles.